The van der Waals surface area contributed by atoms with E-state index in [0.717, 1.165) is 9.35 Å². The van der Waals surface area contributed by atoms with Crippen molar-refractivity contribution in [3.8, 4) is 5.75 Å². The third-order valence-corrected chi connectivity index (χ3v) is 4.26. The lowest BCUT2D eigenvalue weighted by molar-refractivity contribution is -0.136. The van der Waals surface area contributed by atoms with Gasteiger partial charge in [-0.1, -0.05) is 18.2 Å². The molecule has 2 aromatic rings. The van der Waals surface area contributed by atoms with Gasteiger partial charge in [-0.15, -0.1) is 11.3 Å². The number of carboxylic acid groups (broad SMARTS) is 1. The molecule has 0 fully saturated rings. The van der Waals surface area contributed by atoms with Gasteiger partial charge in [0.25, 0.3) is 0 Å². The third-order valence-electron chi connectivity index (χ3n) is 2.36. The predicted molar refractivity (Wildman–Crippen MR) is 74.1 cm³/mol. The van der Waals surface area contributed by atoms with Crippen molar-refractivity contribution in [3.63, 3.8) is 0 Å². The molecule has 0 bridgehead atoms. The molecule has 0 atom stereocenters. The number of carboxylic acids is 1. The molecule has 1 N–H and O–H groups in total. The monoisotopic (exact) mass is 326 g/mol. The average Bonchev–Trinajstić information content (AvgIpc) is 2.73. The molecule has 1 heterocycles. The van der Waals surface area contributed by atoms with Gasteiger partial charge in [0.2, 0.25) is 0 Å². The lowest BCUT2D eigenvalue weighted by Gasteiger charge is -2.09. The summed E-state index contributed by atoms with van der Waals surface area (Å²) in [5.41, 5.74) is 0.692. The van der Waals surface area contributed by atoms with Crippen LogP contribution in [0.2, 0.25) is 0 Å². The molecule has 0 saturated carbocycles. The smallest absolute Gasteiger partial charge is 0.307 e. The van der Waals surface area contributed by atoms with Crippen LogP contribution >= 0.6 is 27.3 Å². The number of halogens is 1. The van der Waals surface area contributed by atoms with Crippen LogP contribution in [0.15, 0.2) is 40.2 Å². The summed E-state index contributed by atoms with van der Waals surface area (Å²) in [5, 5.41) is 10.8. The Bertz CT molecular complexity index is 551. The van der Waals surface area contributed by atoms with Gasteiger partial charge in [0, 0.05) is 10.0 Å². The minimum Gasteiger partial charge on any atom is -0.488 e. The molecule has 0 saturated heterocycles. The van der Waals surface area contributed by atoms with Gasteiger partial charge in [-0.3, -0.25) is 4.79 Å². The summed E-state index contributed by atoms with van der Waals surface area (Å²) in [7, 11) is 0. The van der Waals surface area contributed by atoms with E-state index in [9.17, 15) is 4.79 Å². The van der Waals surface area contributed by atoms with E-state index in [1.54, 1.807) is 23.5 Å². The van der Waals surface area contributed by atoms with E-state index in [4.69, 9.17) is 9.84 Å². The normalized spacial score (nSPS) is 10.3. The Kier molecular flexibility index (Phi) is 4.38. The molecule has 0 aliphatic carbocycles. The number of hydrogen-bond donors (Lipinski definition) is 1. The Labute approximate surface area is 117 Å². The Morgan fingerprint density at radius 1 is 1.33 bits per heavy atom. The molecule has 94 valence electrons. The van der Waals surface area contributed by atoms with Crippen molar-refractivity contribution >= 4 is 33.2 Å². The number of rotatable bonds is 5. The van der Waals surface area contributed by atoms with Crippen molar-refractivity contribution in [1.82, 2.24) is 0 Å². The second-order valence-electron chi connectivity index (χ2n) is 3.66. The van der Waals surface area contributed by atoms with Crippen molar-refractivity contribution in [2.45, 2.75) is 13.0 Å². The zero-order valence-electron chi connectivity index (χ0n) is 9.43. The summed E-state index contributed by atoms with van der Waals surface area (Å²) in [6.07, 6.45) is -0.0260. The van der Waals surface area contributed by atoms with E-state index in [1.165, 1.54) is 0 Å². The molecule has 0 amide bonds. The van der Waals surface area contributed by atoms with Crippen LogP contribution in [0.1, 0.15) is 10.4 Å². The largest absolute Gasteiger partial charge is 0.488 e. The standard InChI is InChI=1S/C13H11BrO3S/c14-10-5-6-18-12(10)8-17-11-4-2-1-3-9(11)7-13(15)16/h1-6H,7-8H2,(H,15,16). The molecule has 5 heteroatoms. The molecular weight excluding hydrogens is 316 g/mol. The lowest BCUT2D eigenvalue weighted by atomic mass is 10.1. The molecule has 18 heavy (non-hydrogen) atoms. The van der Waals surface area contributed by atoms with Crippen LogP contribution in [-0.4, -0.2) is 11.1 Å². The Morgan fingerprint density at radius 3 is 2.78 bits per heavy atom. The lowest BCUT2D eigenvalue weighted by Crippen LogP contribution is -2.03. The predicted octanol–water partition coefficient (Wildman–Crippen LogP) is 3.72. The van der Waals surface area contributed by atoms with E-state index in [2.05, 4.69) is 15.9 Å². The molecule has 3 nitrogen and oxygen atoms in total. The van der Waals surface area contributed by atoms with Crippen LogP contribution < -0.4 is 4.74 Å². The number of aliphatic carboxylic acids is 1. The van der Waals surface area contributed by atoms with Crippen LogP contribution in [-0.2, 0) is 17.8 Å². The van der Waals surface area contributed by atoms with E-state index < -0.39 is 5.97 Å². The fraction of sp³-hybridized carbons (Fsp3) is 0.154. The van der Waals surface area contributed by atoms with Crippen molar-refractivity contribution in [2.75, 3.05) is 0 Å². The zero-order valence-corrected chi connectivity index (χ0v) is 11.8. The summed E-state index contributed by atoms with van der Waals surface area (Å²) in [4.78, 5) is 11.8. The van der Waals surface area contributed by atoms with E-state index in [0.29, 0.717) is 17.9 Å². The molecule has 0 spiro atoms. The first-order valence-electron chi connectivity index (χ1n) is 5.31. The maximum absolute atomic E-state index is 10.7. The second-order valence-corrected chi connectivity index (χ2v) is 5.51. The zero-order chi connectivity index (χ0) is 13.0. The van der Waals surface area contributed by atoms with Gasteiger partial charge in [-0.05, 0) is 33.4 Å². The number of ether oxygens (including phenoxy) is 1. The Balaban J connectivity index is 2.09. The van der Waals surface area contributed by atoms with Gasteiger partial charge < -0.3 is 9.84 Å². The Morgan fingerprint density at radius 2 is 2.11 bits per heavy atom. The number of carbonyl (C=O) groups is 1. The number of benzene rings is 1. The molecular formula is C13H11BrO3S. The minimum atomic E-state index is -0.858. The SMILES string of the molecule is O=C(O)Cc1ccccc1OCc1sccc1Br. The number of para-hydroxylation sites is 1. The first kappa shape index (κ1) is 13.1. The topological polar surface area (TPSA) is 46.5 Å². The highest BCUT2D eigenvalue weighted by Crippen LogP contribution is 2.26. The highest BCUT2D eigenvalue weighted by molar-refractivity contribution is 9.10. The van der Waals surface area contributed by atoms with E-state index in [1.807, 2.05) is 23.6 Å². The quantitative estimate of drug-likeness (QED) is 0.910. The summed E-state index contributed by atoms with van der Waals surface area (Å²) < 4.78 is 6.70. The molecule has 1 aromatic carbocycles. The van der Waals surface area contributed by atoms with E-state index >= 15 is 0 Å². The van der Waals surface area contributed by atoms with Gasteiger partial charge in [0.05, 0.1) is 11.3 Å². The third kappa shape index (κ3) is 3.34. The average molecular weight is 327 g/mol. The molecule has 0 aliphatic heterocycles. The first-order valence-corrected chi connectivity index (χ1v) is 6.98. The van der Waals surface area contributed by atoms with Gasteiger partial charge in [-0.2, -0.15) is 0 Å². The fourth-order valence-electron chi connectivity index (χ4n) is 1.53. The summed E-state index contributed by atoms with van der Waals surface area (Å²) in [5.74, 6) is -0.233. The van der Waals surface area contributed by atoms with Crippen molar-refractivity contribution < 1.29 is 14.6 Å². The van der Waals surface area contributed by atoms with Crippen LogP contribution in [0.25, 0.3) is 0 Å². The van der Waals surface area contributed by atoms with Crippen molar-refractivity contribution in [3.05, 3.63) is 50.6 Å². The Hall–Kier alpha value is -1.33. The number of hydrogen-bond acceptors (Lipinski definition) is 3. The van der Waals surface area contributed by atoms with Gasteiger partial charge in [-0.25, -0.2) is 0 Å². The van der Waals surface area contributed by atoms with Gasteiger partial charge in [0.1, 0.15) is 12.4 Å². The fourth-order valence-corrected chi connectivity index (χ4v) is 2.90. The maximum atomic E-state index is 10.7. The number of thiophene rings is 1. The molecule has 1 aromatic heterocycles. The van der Waals surface area contributed by atoms with Crippen LogP contribution in [0.5, 0.6) is 5.75 Å². The van der Waals surface area contributed by atoms with E-state index in [-0.39, 0.29) is 6.42 Å². The van der Waals surface area contributed by atoms with Crippen LogP contribution in [0.3, 0.4) is 0 Å². The molecule has 0 radical (unpaired) electrons. The summed E-state index contributed by atoms with van der Waals surface area (Å²) in [6.45, 7) is 0.439. The maximum Gasteiger partial charge on any atom is 0.307 e. The first-order chi connectivity index (χ1) is 8.66. The highest BCUT2D eigenvalue weighted by atomic mass is 79.9. The summed E-state index contributed by atoms with van der Waals surface area (Å²) >= 11 is 5.04. The van der Waals surface area contributed by atoms with Crippen LogP contribution in [0.4, 0.5) is 0 Å². The van der Waals surface area contributed by atoms with Gasteiger partial charge in [0.15, 0.2) is 0 Å². The summed E-state index contributed by atoms with van der Waals surface area (Å²) in [6, 6.07) is 9.18. The highest BCUT2D eigenvalue weighted by Gasteiger charge is 2.08. The van der Waals surface area contributed by atoms with Gasteiger partial charge >= 0.3 is 5.97 Å². The minimum absolute atomic E-state index is 0.0260. The molecule has 2 rings (SSSR count). The van der Waals surface area contributed by atoms with Crippen molar-refractivity contribution in [2.24, 2.45) is 0 Å². The molecule has 0 aliphatic rings. The van der Waals surface area contributed by atoms with Crippen molar-refractivity contribution in [1.29, 1.82) is 0 Å². The molecule has 0 unspecified atom stereocenters. The van der Waals surface area contributed by atoms with Crippen LogP contribution in [0, 0.1) is 0 Å². The second kappa shape index (κ2) is 6.02.